The molecule has 0 unspecified atom stereocenters. The number of anilines is 3. The van der Waals surface area contributed by atoms with Crippen LogP contribution in [0.5, 0.6) is 0 Å². The summed E-state index contributed by atoms with van der Waals surface area (Å²) in [5.74, 6) is -0.343. The van der Waals surface area contributed by atoms with Crippen LogP contribution in [-0.2, 0) is 14.8 Å². The third-order valence-corrected chi connectivity index (χ3v) is 6.99. The lowest BCUT2D eigenvalue weighted by Crippen LogP contribution is -2.30. The molecule has 9 heteroatoms. The fraction of sp³-hybridized carbons (Fsp3) is 0.391. The van der Waals surface area contributed by atoms with Crippen LogP contribution < -0.4 is 16.0 Å². The average Bonchev–Trinajstić information content (AvgIpc) is 2.79. The van der Waals surface area contributed by atoms with Gasteiger partial charge in [0.2, 0.25) is 15.9 Å². The van der Waals surface area contributed by atoms with Crippen molar-refractivity contribution in [2.24, 2.45) is 0 Å². The summed E-state index contributed by atoms with van der Waals surface area (Å²) < 4.78 is 27.3. The largest absolute Gasteiger partial charge is 0.383 e. The molecule has 0 bridgehead atoms. The van der Waals surface area contributed by atoms with E-state index < -0.39 is 10.0 Å². The molecule has 8 nitrogen and oxygen atoms in total. The van der Waals surface area contributed by atoms with Crippen molar-refractivity contribution >= 4 is 33.0 Å². The topological polar surface area (TPSA) is 114 Å². The molecule has 2 aromatic rings. The van der Waals surface area contributed by atoms with E-state index in [1.54, 1.807) is 56.3 Å². The molecule has 172 valence electrons. The first kappa shape index (κ1) is 25.2. The van der Waals surface area contributed by atoms with Crippen molar-refractivity contribution in [2.75, 3.05) is 42.1 Å². The standard InChI is InChI=1S/C23H31N5O3S/c1-4-7-14-25-21-13-12-19(32(30,31)28(5-2)6-3)15-22(21)26-17-23(29)27-20-11-9-8-10-18(20)16-24/h8-13,15,25-26H,4-7,14,17H2,1-3H3,(H,27,29). The van der Waals surface area contributed by atoms with Crippen LogP contribution in [0.2, 0.25) is 0 Å². The van der Waals surface area contributed by atoms with Crippen LogP contribution in [0.15, 0.2) is 47.4 Å². The fourth-order valence-electron chi connectivity index (χ4n) is 3.16. The smallest absolute Gasteiger partial charge is 0.243 e. The van der Waals surface area contributed by atoms with Gasteiger partial charge in [-0.3, -0.25) is 4.79 Å². The minimum Gasteiger partial charge on any atom is -0.383 e. The average molecular weight is 458 g/mol. The Morgan fingerprint density at radius 1 is 1.00 bits per heavy atom. The van der Waals surface area contributed by atoms with E-state index >= 15 is 0 Å². The molecule has 0 fully saturated rings. The number of nitrogens with one attached hydrogen (secondary N) is 3. The van der Waals surface area contributed by atoms with E-state index in [2.05, 4.69) is 22.9 Å². The fourth-order valence-corrected chi connectivity index (χ4v) is 4.64. The molecule has 0 spiro atoms. The Morgan fingerprint density at radius 3 is 2.38 bits per heavy atom. The highest BCUT2D eigenvalue weighted by molar-refractivity contribution is 7.89. The summed E-state index contributed by atoms with van der Waals surface area (Å²) in [6.07, 6.45) is 1.98. The van der Waals surface area contributed by atoms with Gasteiger partial charge in [-0.2, -0.15) is 9.57 Å². The van der Waals surface area contributed by atoms with Crippen LogP contribution in [0.4, 0.5) is 17.1 Å². The van der Waals surface area contributed by atoms with Crippen LogP contribution in [0, 0.1) is 11.3 Å². The Balaban J connectivity index is 2.24. The van der Waals surface area contributed by atoms with Gasteiger partial charge in [-0.25, -0.2) is 8.42 Å². The lowest BCUT2D eigenvalue weighted by Gasteiger charge is -2.20. The first-order valence-electron chi connectivity index (χ1n) is 10.8. The molecule has 0 heterocycles. The predicted octanol–water partition coefficient (Wildman–Crippen LogP) is 3.85. The maximum atomic E-state index is 12.9. The molecule has 0 radical (unpaired) electrons. The Morgan fingerprint density at radius 2 is 1.72 bits per heavy atom. The quantitative estimate of drug-likeness (QED) is 0.417. The van der Waals surface area contributed by atoms with Crippen LogP contribution in [0.3, 0.4) is 0 Å². The Kier molecular flexibility index (Phi) is 9.50. The first-order chi connectivity index (χ1) is 15.4. The number of rotatable bonds is 12. The maximum absolute atomic E-state index is 12.9. The number of unbranched alkanes of at least 4 members (excludes halogenated alkanes) is 1. The van der Waals surface area contributed by atoms with E-state index in [1.807, 2.05) is 6.07 Å². The summed E-state index contributed by atoms with van der Waals surface area (Å²) in [6.45, 7) is 7.07. The second kappa shape index (κ2) is 12.1. The zero-order valence-electron chi connectivity index (χ0n) is 18.8. The lowest BCUT2D eigenvalue weighted by atomic mass is 10.2. The zero-order chi connectivity index (χ0) is 23.6. The third kappa shape index (κ3) is 6.45. The molecule has 0 saturated carbocycles. The van der Waals surface area contributed by atoms with Gasteiger partial charge in [0, 0.05) is 19.6 Å². The lowest BCUT2D eigenvalue weighted by molar-refractivity contribution is -0.114. The molecule has 0 saturated heterocycles. The van der Waals surface area contributed by atoms with E-state index in [0.717, 1.165) is 25.1 Å². The van der Waals surface area contributed by atoms with Crippen LogP contribution in [0.1, 0.15) is 39.2 Å². The van der Waals surface area contributed by atoms with Gasteiger partial charge in [-0.05, 0) is 36.8 Å². The van der Waals surface area contributed by atoms with Crippen LogP contribution in [-0.4, -0.2) is 44.8 Å². The number of amides is 1. The van der Waals surface area contributed by atoms with Gasteiger partial charge in [-0.1, -0.05) is 39.3 Å². The van der Waals surface area contributed by atoms with Gasteiger partial charge in [-0.15, -0.1) is 0 Å². The number of hydrogen-bond acceptors (Lipinski definition) is 6. The normalized spacial score (nSPS) is 11.1. The maximum Gasteiger partial charge on any atom is 0.243 e. The summed E-state index contributed by atoms with van der Waals surface area (Å²) in [5, 5.41) is 18.2. The van der Waals surface area contributed by atoms with Crippen molar-refractivity contribution in [3.8, 4) is 6.07 Å². The molecule has 0 atom stereocenters. The van der Waals surface area contributed by atoms with Crippen LogP contribution in [0.25, 0.3) is 0 Å². The highest BCUT2D eigenvalue weighted by Gasteiger charge is 2.22. The molecule has 0 aliphatic heterocycles. The predicted molar refractivity (Wildman–Crippen MR) is 128 cm³/mol. The number of nitrogens with zero attached hydrogens (tertiary/aromatic N) is 2. The Labute approximate surface area is 190 Å². The number of hydrogen-bond donors (Lipinski definition) is 3. The molecule has 3 N–H and O–H groups in total. The number of carbonyl (C=O) groups excluding carboxylic acids is 1. The molecule has 1 amide bonds. The molecular formula is C23H31N5O3S. The summed E-state index contributed by atoms with van der Waals surface area (Å²) in [5.41, 5.74) is 2.05. The molecular weight excluding hydrogens is 426 g/mol. The van der Waals surface area contributed by atoms with Crippen molar-refractivity contribution in [1.29, 1.82) is 5.26 Å². The van der Waals surface area contributed by atoms with E-state index in [4.69, 9.17) is 0 Å². The number of benzene rings is 2. The molecule has 0 aliphatic carbocycles. The second-order valence-electron chi connectivity index (χ2n) is 7.14. The van der Waals surface area contributed by atoms with Crippen molar-refractivity contribution < 1.29 is 13.2 Å². The highest BCUT2D eigenvalue weighted by Crippen LogP contribution is 2.27. The molecule has 2 aromatic carbocycles. The summed E-state index contributed by atoms with van der Waals surface area (Å²) in [4.78, 5) is 12.6. The Hall–Kier alpha value is -3.09. The number of sulfonamides is 1. The van der Waals surface area contributed by atoms with Gasteiger partial charge < -0.3 is 16.0 Å². The van der Waals surface area contributed by atoms with Gasteiger partial charge >= 0.3 is 0 Å². The van der Waals surface area contributed by atoms with Gasteiger partial charge in [0.15, 0.2) is 0 Å². The van der Waals surface area contributed by atoms with E-state index in [9.17, 15) is 18.5 Å². The van der Waals surface area contributed by atoms with Crippen molar-refractivity contribution in [3.05, 3.63) is 48.0 Å². The molecule has 0 aliphatic rings. The summed E-state index contributed by atoms with van der Waals surface area (Å²) in [7, 11) is -3.63. The van der Waals surface area contributed by atoms with E-state index in [1.165, 1.54) is 4.31 Å². The third-order valence-electron chi connectivity index (χ3n) is 4.94. The van der Waals surface area contributed by atoms with Gasteiger partial charge in [0.1, 0.15) is 6.07 Å². The van der Waals surface area contributed by atoms with Crippen molar-refractivity contribution in [2.45, 2.75) is 38.5 Å². The van der Waals surface area contributed by atoms with Gasteiger partial charge in [0.25, 0.3) is 0 Å². The Bertz CT molecular complexity index is 1060. The first-order valence-corrected chi connectivity index (χ1v) is 12.2. The minimum absolute atomic E-state index is 0.0863. The van der Waals surface area contributed by atoms with Crippen LogP contribution >= 0.6 is 0 Å². The molecule has 0 aromatic heterocycles. The van der Waals surface area contributed by atoms with E-state index in [-0.39, 0.29) is 17.3 Å². The van der Waals surface area contributed by atoms with E-state index in [0.29, 0.717) is 30.0 Å². The SMILES string of the molecule is CCCCNc1ccc(S(=O)(=O)N(CC)CC)cc1NCC(=O)Nc1ccccc1C#N. The molecule has 32 heavy (non-hydrogen) atoms. The minimum atomic E-state index is -3.63. The molecule has 2 rings (SSSR count). The number of carbonyl (C=O) groups is 1. The zero-order valence-corrected chi connectivity index (χ0v) is 19.6. The summed E-state index contributed by atoms with van der Waals surface area (Å²) in [6, 6.07) is 13.6. The van der Waals surface area contributed by atoms with Gasteiger partial charge in [0.05, 0.1) is 34.1 Å². The summed E-state index contributed by atoms with van der Waals surface area (Å²) >= 11 is 0. The second-order valence-corrected chi connectivity index (χ2v) is 9.07. The van der Waals surface area contributed by atoms with Crippen molar-refractivity contribution in [3.63, 3.8) is 0 Å². The number of para-hydroxylation sites is 1. The van der Waals surface area contributed by atoms with Crippen molar-refractivity contribution in [1.82, 2.24) is 4.31 Å². The highest BCUT2D eigenvalue weighted by atomic mass is 32.2. The monoisotopic (exact) mass is 457 g/mol. The number of nitriles is 1.